The Hall–Kier alpha value is -0.220. The fraction of sp³-hybridized carbons (Fsp3) is 0.917. The highest BCUT2D eigenvalue weighted by Crippen LogP contribution is 2.28. The number of rotatable bonds is 6. The third kappa shape index (κ3) is 4.34. The van der Waals surface area contributed by atoms with Gasteiger partial charge in [0.2, 0.25) is 5.91 Å². The molecular formula is C12H24N2OS. The van der Waals surface area contributed by atoms with E-state index in [9.17, 15) is 4.79 Å². The summed E-state index contributed by atoms with van der Waals surface area (Å²) in [5.74, 6) is 0.131. The topological polar surface area (TPSA) is 55.1 Å². The Balaban J connectivity index is 2.28. The Labute approximate surface area is 103 Å². The zero-order valence-electron chi connectivity index (χ0n) is 10.4. The van der Waals surface area contributed by atoms with Crippen molar-refractivity contribution in [2.24, 2.45) is 5.73 Å². The molecule has 0 aromatic heterocycles. The Bertz CT molecular complexity index is 223. The molecule has 3 N–H and O–H groups in total. The minimum atomic E-state index is 0.0270. The van der Waals surface area contributed by atoms with Crippen LogP contribution in [0, 0.1) is 0 Å². The molecule has 3 nitrogen and oxygen atoms in total. The number of amides is 1. The van der Waals surface area contributed by atoms with Crippen molar-refractivity contribution in [1.82, 2.24) is 5.32 Å². The van der Waals surface area contributed by atoms with Crippen molar-refractivity contribution in [3.05, 3.63) is 0 Å². The van der Waals surface area contributed by atoms with Crippen molar-refractivity contribution in [3.63, 3.8) is 0 Å². The molecule has 0 aromatic rings. The maximum atomic E-state index is 11.7. The van der Waals surface area contributed by atoms with Crippen molar-refractivity contribution in [3.8, 4) is 0 Å². The molecule has 1 amide bonds. The Morgan fingerprint density at radius 1 is 1.56 bits per heavy atom. The van der Waals surface area contributed by atoms with Gasteiger partial charge in [0.05, 0.1) is 0 Å². The molecule has 1 aliphatic rings. The maximum absolute atomic E-state index is 11.7. The van der Waals surface area contributed by atoms with Crippen molar-refractivity contribution in [2.45, 2.75) is 62.8 Å². The van der Waals surface area contributed by atoms with Crippen LogP contribution in [0.2, 0.25) is 0 Å². The highest BCUT2D eigenvalue weighted by atomic mass is 32.2. The van der Waals surface area contributed by atoms with Crippen LogP contribution in [0.5, 0.6) is 0 Å². The minimum Gasteiger partial charge on any atom is -0.352 e. The van der Waals surface area contributed by atoms with Gasteiger partial charge in [-0.1, -0.05) is 19.8 Å². The number of nitrogens with two attached hydrogens (primary N) is 1. The van der Waals surface area contributed by atoms with E-state index in [0.29, 0.717) is 17.7 Å². The van der Waals surface area contributed by atoms with Gasteiger partial charge < -0.3 is 11.1 Å². The van der Waals surface area contributed by atoms with E-state index in [2.05, 4.69) is 18.5 Å². The fourth-order valence-electron chi connectivity index (χ4n) is 2.35. The van der Waals surface area contributed by atoms with Crippen LogP contribution in [-0.2, 0) is 4.79 Å². The molecule has 3 unspecified atom stereocenters. The van der Waals surface area contributed by atoms with Gasteiger partial charge in [0.15, 0.2) is 0 Å². The lowest BCUT2D eigenvalue weighted by molar-refractivity contribution is -0.122. The van der Waals surface area contributed by atoms with Crippen molar-refractivity contribution in [1.29, 1.82) is 0 Å². The smallest absolute Gasteiger partial charge is 0.221 e. The van der Waals surface area contributed by atoms with E-state index in [1.807, 2.05) is 11.8 Å². The van der Waals surface area contributed by atoms with Crippen molar-refractivity contribution < 1.29 is 4.79 Å². The highest BCUT2D eigenvalue weighted by Gasteiger charge is 2.27. The van der Waals surface area contributed by atoms with Crippen LogP contribution in [0.4, 0.5) is 0 Å². The second kappa shape index (κ2) is 7.17. The molecule has 0 heterocycles. The lowest BCUT2D eigenvalue weighted by Gasteiger charge is -2.20. The zero-order chi connectivity index (χ0) is 12.0. The number of carbonyl (C=O) groups excluding carboxylic acids is 1. The van der Waals surface area contributed by atoms with Crippen LogP contribution in [0.1, 0.15) is 45.4 Å². The number of nitrogens with one attached hydrogen (secondary N) is 1. The summed E-state index contributed by atoms with van der Waals surface area (Å²) in [6.45, 7) is 2.10. The summed E-state index contributed by atoms with van der Waals surface area (Å²) in [5.41, 5.74) is 5.86. The van der Waals surface area contributed by atoms with E-state index in [0.717, 1.165) is 19.3 Å². The third-order valence-electron chi connectivity index (χ3n) is 3.21. The van der Waals surface area contributed by atoms with Gasteiger partial charge in [-0.25, -0.2) is 0 Å². The molecular weight excluding hydrogens is 220 g/mol. The summed E-state index contributed by atoms with van der Waals surface area (Å²) in [6, 6.07) is 0.399. The van der Waals surface area contributed by atoms with Crippen molar-refractivity contribution in [2.75, 3.05) is 6.26 Å². The first kappa shape index (κ1) is 13.8. The van der Waals surface area contributed by atoms with Crippen LogP contribution in [0.25, 0.3) is 0 Å². The van der Waals surface area contributed by atoms with Gasteiger partial charge in [0, 0.05) is 23.8 Å². The van der Waals surface area contributed by atoms with E-state index in [1.54, 1.807) is 0 Å². The van der Waals surface area contributed by atoms with Crippen LogP contribution in [0.3, 0.4) is 0 Å². The second-order valence-corrected chi connectivity index (χ2v) is 5.71. The van der Waals surface area contributed by atoms with Crippen LogP contribution < -0.4 is 11.1 Å². The summed E-state index contributed by atoms with van der Waals surface area (Å²) in [7, 11) is 0. The van der Waals surface area contributed by atoms with E-state index >= 15 is 0 Å². The number of thioether (sulfide) groups is 1. The molecule has 0 aromatic carbocycles. The van der Waals surface area contributed by atoms with Gasteiger partial charge >= 0.3 is 0 Å². The first-order valence-electron chi connectivity index (χ1n) is 6.25. The summed E-state index contributed by atoms with van der Waals surface area (Å²) in [4.78, 5) is 11.7. The molecule has 94 valence electrons. The summed E-state index contributed by atoms with van der Waals surface area (Å²) >= 11 is 1.87. The molecule has 1 rings (SSSR count). The second-order valence-electron chi connectivity index (χ2n) is 4.63. The van der Waals surface area contributed by atoms with Crippen molar-refractivity contribution >= 4 is 17.7 Å². The van der Waals surface area contributed by atoms with Gasteiger partial charge in [-0.05, 0) is 25.5 Å². The standard InChI is InChI=1S/C12H24N2OS/c1-3-5-9(13)8-12(15)14-10-6-4-7-11(10)16-2/h9-11H,3-8,13H2,1-2H3,(H,14,15). The van der Waals surface area contributed by atoms with E-state index in [4.69, 9.17) is 5.73 Å². The van der Waals surface area contributed by atoms with E-state index < -0.39 is 0 Å². The molecule has 16 heavy (non-hydrogen) atoms. The first-order valence-corrected chi connectivity index (χ1v) is 7.53. The van der Waals surface area contributed by atoms with Crippen LogP contribution in [0.15, 0.2) is 0 Å². The zero-order valence-corrected chi connectivity index (χ0v) is 11.2. The first-order chi connectivity index (χ1) is 7.67. The molecule has 0 bridgehead atoms. The molecule has 1 fully saturated rings. The average molecular weight is 244 g/mol. The van der Waals surface area contributed by atoms with Gasteiger partial charge in [-0.3, -0.25) is 4.79 Å². The Morgan fingerprint density at radius 3 is 2.94 bits per heavy atom. The Morgan fingerprint density at radius 2 is 2.31 bits per heavy atom. The lowest BCUT2D eigenvalue weighted by Crippen LogP contribution is -2.41. The fourth-order valence-corrected chi connectivity index (χ4v) is 3.28. The molecule has 1 aliphatic carbocycles. The van der Waals surface area contributed by atoms with Gasteiger partial charge in [-0.15, -0.1) is 0 Å². The summed E-state index contributed by atoms with van der Waals surface area (Å²) in [5, 5.41) is 3.73. The van der Waals surface area contributed by atoms with E-state index in [-0.39, 0.29) is 11.9 Å². The predicted octanol–water partition coefficient (Wildman–Crippen LogP) is 1.90. The SMILES string of the molecule is CCCC(N)CC(=O)NC1CCCC1SC. The van der Waals surface area contributed by atoms with Gasteiger partial charge in [-0.2, -0.15) is 11.8 Å². The lowest BCUT2D eigenvalue weighted by atomic mass is 10.1. The number of hydrogen-bond acceptors (Lipinski definition) is 3. The van der Waals surface area contributed by atoms with Gasteiger partial charge in [0.1, 0.15) is 0 Å². The monoisotopic (exact) mass is 244 g/mol. The van der Waals surface area contributed by atoms with Gasteiger partial charge in [0.25, 0.3) is 0 Å². The molecule has 0 saturated heterocycles. The molecule has 4 heteroatoms. The molecule has 3 atom stereocenters. The number of carbonyl (C=O) groups is 1. The molecule has 1 saturated carbocycles. The minimum absolute atomic E-state index is 0.0270. The third-order valence-corrected chi connectivity index (χ3v) is 4.38. The molecule has 0 radical (unpaired) electrons. The largest absolute Gasteiger partial charge is 0.352 e. The average Bonchev–Trinajstić information content (AvgIpc) is 2.65. The van der Waals surface area contributed by atoms with Crippen LogP contribution >= 0.6 is 11.8 Å². The van der Waals surface area contributed by atoms with E-state index in [1.165, 1.54) is 12.8 Å². The number of hydrogen-bond donors (Lipinski definition) is 2. The predicted molar refractivity (Wildman–Crippen MR) is 70.6 cm³/mol. The Kier molecular flexibility index (Phi) is 6.21. The maximum Gasteiger partial charge on any atom is 0.221 e. The highest BCUT2D eigenvalue weighted by molar-refractivity contribution is 7.99. The molecule has 0 spiro atoms. The molecule has 0 aliphatic heterocycles. The van der Waals surface area contributed by atoms with Crippen LogP contribution in [-0.4, -0.2) is 29.5 Å². The summed E-state index contributed by atoms with van der Waals surface area (Å²) < 4.78 is 0. The summed E-state index contributed by atoms with van der Waals surface area (Å²) in [6.07, 6.45) is 8.17. The normalized spacial score (nSPS) is 26.7. The quantitative estimate of drug-likeness (QED) is 0.750.